The highest BCUT2D eigenvalue weighted by Crippen LogP contribution is 2.25. The van der Waals surface area contributed by atoms with Gasteiger partial charge < -0.3 is 10.6 Å². The van der Waals surface area contributed by atoms with Crippen LogP contribution in [0.4, 0.5) is 16.0 Å². The van der Waals surface area contributed by atoms with Crippen molar-refractivity contribution in [1.29, 1.82) is 0 Å². The molecule has 0 aromatic carbocycles. The third-order valence-corrected chi connectivity index (χ3v) is 4.75. The Hall–Kier alpha value is -3.15. The topological polar surface area (TPSA) is 54.8 Å². The van der Waals surface area contributed by atoms with E-state index in [2.05, 4.69) is 40.8 Å². The summed E-state index contributed by atoms with van der Waals surface area (Å²) in [6.45, 7) is 16.1. The second-order valence-corrected chi connectivity index (χ2v) is 7.12. The van der Waals surface area contributed by atoms with Gasteiger partial charge >= 0.3 is 0 Å². The minimum Gasteiger partial charge on any atom is -0.365 e. The summed E-state index contributed by atoms with van der Waals surface area (Å²) >= 11 is 0. The van der Waals surface area contributed by atoms with Crippen LogP contribution in [0.2, 0.25) is 0 Å². The summed E-state index contributed by atoms with van der Waals surface area (Å²) < 4.78 is 16.3. The van der Waals surface area contributed by atoms with Gasteiger partial charge in [0.1, 0.15) is 5.82 Å². The van der Waals surface area contributed by atoms with Crippen LogP contribution in [0, 0.1) is 5.82 Å². The highest BCUT2D eigenvalue weighted by Gasteiger charge is 2.13. The van der Waals surface area contributed by atoms with Gasteiger partial charge in [-0.05, 0) is 50.5 Å². The summed E-state index contributed by atoms with van der Waals surface area (Å²) in [5.41, 5.74) is 3.26. The largest absolute Gasteiger partial charge is 0.365 e. The van der Waals surface area contributed by atoms with Gasteiger partial charge in [-0.1, -0.05) is 45.6 Å². The standard InChI is InChI=1S/C24H32FN5/c1-7-12-17(5)22(30-14-11-13-26-30)16-20(10-4)28-23-19(9-3)15-21(25)24(29-23)27-18(6)8-2/h9-11,13-16,18H,3,5,7-8,12H2,1-2,4,6H3,(H2,27,28,29)/b20-10+,22-16+. The van der Waals surface area contributed by atoms with Crippen molar-refractivity contribution in [2.24, 2.45) is 0 Å². The molecule has 0 saturated carbocycles. The number of anilines is 2. The predicted molar refractivity (Wildman–Crippen MR) is 126 cm³/mol. The van der Waals surface area contributed by atoms with E-state index in [0.717, 1.165) is 36.2 Å². The van der Waals surface area contributed by atoms with Gasteiger partial charge in [-0.25, -0.2) is 14.1 Å². The zero-order valence-corrected chi connectivity index (χ0v) is 18.4. The fraction of sp³-hybridized carbons (Fsp3) is 0.333. The van der Waals surface area contributed by atoms with E-state index in [1.807, 2.05) is 45.2 Å². The predicted octanol–water partition coefficient (Wildman–Crippen LogP) is 6.48. The Balaban J connectivity index is 2.42. The van der Waals surface area contributed by atoms with Crippen molar-refractivity contribution in [2.45, 2.75) is 53.0 Å². The fourth-order valence-electron chi connectivity index (χ4n) is 2.84. The average Bonchev–Trinajstić information content (AvgIpc) is 3.27. The smallest absolute Gasteiger partial charge is 0.166 e. The molecular formula is C24H32FN5. The maximum atomic E-state index is 14.5. The van der Waals surface area contributed by atoms with Crippen LogP contribution >= 0.6 is 0 Å². The van der Waals surface area contributed by atoms with Crippen molar-refractivity contribution >= 4 is 23.4 Å². The molecule has 30 heavy (non-hydrogen) atoms. The van der Waals surface area contributed by atoms with Crippen LogP contribution in [0.1, 0.15) is 52.5 Å². The molecule has 0 spiro atoms. The highest BCUT2D eigenvalue weighted by molar-refractivity contribution is 5.71. The fourth-order valence-corrected chi connectivity index (χ4v) is 2.84. The second-order valence-electron chi connectivity index (χ2n) is 7.12. The summed E-state index contributed by atoms with van der Waals surface area (Å²) in [5.74, 6) is 0.351. The van der Waals surface area contributed by atoms with Crippen LogP contribution < -0.4 is 10.6 Å². The number of nitrogens with one attached hydrogen (secondary N) is 2. The molecule has 2 heterocycles. The van der Waals surface area contributed by atoms with Crippen molar-refractivity contribution in [3.63, 3.8) is 0 Å². The van der Waals surface area contributed by atoms with Crippen LogP contribution in [0.3, 0.4) is 0 Å². The molecule has 6 heteroatoms. The number of aromatic nitrogens is 3. The number of rotatable bonds is 11. The first-order chi connectivity index (χ1) is 14.4. The lowest BCUT2D eigenvalue weighted by atomic mass is 10.1. The van der Waals surface area contributed by atoms with E-state index in [9.17, 15) is 4.39 Å². The third-order valence-electron chi connectivity index (χ3n) is 4.75. The first-order valence-electron chi connectivity index (χ1n) is 10.4. The molecule has 0 bridgehead atoms. The van der Waals surface area contributed by atoms with E-state index >= 15 is 0 Å². The summed E-state index contributed by atoms with van der Waals surface area (Å²) in [6, 6.07) is 3.42. The Morgan fingerprint density at radius 1 is 1.33 bits per heavy atom. The highest BCUT2D eigenvalue weighted by atomic mass is 19.1. The van der Waals surface area contributed by atoms with E-state index in [-0.39, 0.29) is 11.9 Å². The zero-order valence-electron chi connectivity index (χ0n) is 18.4. The molecule has 160 valence electrons. The van der Waals surface area contributed by atoms with Crippen LogP contribution in [0.5, 0.6) is 0 Å². The summed E-state index contributed by atoms with van der Waals surface area (Å²) in [7, 11) is 0. The van der Waals surface area contributed by atoms with Gasteiger partial charge in [-0.2, -0.15) is 5.10 Å². The Kier molecular flexibility index (Phi) is 8.59. The monoisotopic (exact) mass is 409 g/mol. The Bertz CT molecular complexity index is 925. The molecule has 5 nitrogen and oxygen atoms in total. The van der Waals surface area contributed by atoms with Gasteiger partial charge in [0.2, 0.25) is 0 Å². The van der Waals surface area contributed by atoms with E-state index < -0.39 is 5.82 Å². The molecule has 0 saturated heterocycles. The van der Waals surface area contributed by atoms with Crippen molar-refractivity contribution in [3.05, 3.63) is 72.5 Å². The number of hydrogen-bond acceptors (Lipinski definition) is 4. The Morgan fingerprint density at radius 2 is 2.10 bits per heavy atom. The molecule has 0 fully saturated rings. The number of halogens is 1. The zero-order chi connectivity index (χ0) is 22.1. The van der Waals surface area contributed by atoms with E-state index in [1.165, 1.54) is 6.07 Å². The second kappa shape index (κ2) is 11.1. The van der Waals surface area contributed by atoms with Crippen LogP contribution in [-0.2, 0) is 0 Å². The Morgan fingerprint density at radius 3 is 2.67 bits per heavy atom. The average molecular weight is 410 g/mol. The number of hydrogen-bond donors (Lipinski definition) is 2. The van der Waals surface area contributed by atoms with Crippen molar-refractivity contribution in [2.75, 3.05) is 10.6 Å². The normalized spacial score (nSPS) is 13.1. The first kappa shape index (κ1) is 23.1. The van der Waals surface area contributed by atoms with E-state index in [4.69, 9.17) is 0 Å². The quantitative estimate of drug-likeness (QED) is 0.417. The molecule has 0 radical (unpaired) electrons. The molecule has 0 aliphatic heterocycles. The molecular weight excluding hydrogens is 377 g/mol. The lowest BCUT2D eigenvalue weighted by Gasteiger charge is -2.17. The number of nitrogens with zero attached hydrogens (tertiary/aromatic N) is 3. The summed E-state index contributed by atoms with van der Waals surface area (Å²) in [4.78, 5) is 4.49. The minimum atomic E-state index is -0.401. The van der Waals surface area contributed by atoms with Crippen molar-refractivity contribution in [3.8, 4) is 0 Å². The SMILES string of the molecule is C=Cc1cc(F)c(NC(C)CC)nc1NC(=C/C)/C=C(\C(=C)CCC)n1cccn1. The molecule has 2 aromatic rings. The van der Waals surface area contributed by atoms with E-state index in [1.54, 1.807) is 17.0 Å². The molecule has 0 aliphatic carbocycles. The molecule has 1 unspecified atom stereocenters. The van der Waals surface area contributed by atoms with Gasteiger partial charge in [-0.3, -0.25) is 0 Å². The maximum absolute atomic E-state index is 14.5. The molecule has 2 rings (SSSR count). The van der Waals surface area contributed by atoms with Crippen LogP contribution in [0.15, 0.2) is 61.1 Å². The summed E-state index contributed by atoms with van der Waals surface area (Å²) in [5, 5.41) is 10.8. The number of allylic oxidation sites excluding steroid dienone is 4. The molecule has 0 amide bonds. The van der Waals surface area contributed by atoms with Crippen LogP contribution in [0.25, 0.3) is 11.8 Å². The van der Waals surface area contributed by atoms with Crippen molar-refractivity contribution in [1.82, 2.24) is 14.8 Å². The van der Waals surface area contributed by atoms with Crippen LogP contribution in [-0.4, -0.2) is 20.8 Å². The molecule has 1 atom stereocenters. The Labute approximate surface area is 179 Å². The van der Waals surface area contributed by atoms with Gasteiger partial charge in [0.05, 0.1) is 5.70 Å². The third kappa shape index (κ3) is 5.92. The summed E-state index contributed by atoms with van der Waals surface area (Å²) in [6.07, 6.45) is 11.8. The lowest BCUT2D eigenvalue weighted by Crippen LogP contribution is -2.17. The van der Waals surface area contributed by atoms with Gasteiger partial charge in [0.15, 0.2) is 11.6 Å². The van der Waals surface area contributed by atoms with E-state index in [0.29, 0.717) is 11.4 Å². The van der Waals surface area contributed by atoms with Gasteiger partial charge in [0, 0.05) is 29.7 Å². The maximum Gasteiger partial charge on any atom is 0.166 e. The molecule has 2 aromatic heterocycles. The first-order valence-corrected chi connectivity index (χ1v) is 10.4. The molecule has 0 aliphatic rings. The number of pyridine rings is 1. The lowest BCUT2D eigenvalue weighted by molar-refractivity contribution is 0.618. The van der Waals surface area contributed by atoms with Gasteiger partial charge in [0.25, 0.3) is 0 Å². The van der Waals surface area contributed by atoms with Crippen molar-refractivity contribution < 1.29 is 4.39 Å². The van der Waals surface area contributed by atoms with Gasteiger partial charge in [-0.15, -0.1) is 0 Å². The molecule has 2 N–H and O–H groups in total. The minimum absolute atomic E-state index is 0.110.